The fraction of sp³-hybridized carbons (Fsp3) is 0.100. The minimum atomic E-state index is -0.604. The number of nitrogens with zero attached hydrogens (tertiary/aromatic N) is 5. The number of oxime groups is 1. The van der Waals surface area contributed by atoms with E-state index in [2.05, 4.69) is 15.2 Å². The smallest absolute Gasteiger partial charge is 0.314 e. The van der Waals surface area contributed by atoms with Gasteiger partial charge in [-0.25, -0.2) is 9.67 Å². The third-order valence-electron chi connectivity index (χ3n) is 2.38. The zero-order chi connectivity index (χ0) is 14.0. The maximum atomic E-state index is 11.0. The van der Waals surface area contributed by atoms with Crippen LogP contribution in [-0.4, -0.2) is 30.7 Å². The second-order valence-electron chi connectivity index (χ2n) is 3.77. The number of hydrogen-bond acceptors (Lipinski definition) is 6. The van der Waals surface area contributed by atoms with Crippen molar-refractivity contribution in [2.45, 2.75) is 6.92 Å². The van der Waals surface area contributed by atoms with Gasteiger partial charge in [0.05, 0.1) is 11.1 Å². The lowest BCUT2D eigenvalue weighted by molar-refractivity contribution is -0.384. The van der Waals surface area contributed by atoms with Crippen LogP contribution in [0.3, 0.4) is 0 Å². The van der Waals surface area contributed by atoms with Gasteiger partial charge in [-0.05, 0) is 12.5 Å². The summed E-state index contributed by atoms with van der Waals surface area (Å²) in [6.07, 6.45) is 4.44. The average molecular weight is 262 g/mol. The van der Waals surface area contributed by atoms with Gasteiger partial charge in [0.2, 0.25) is 5.82 Å². The van der Waals surface area contributed by atoms with E-state index >= 15 is 0 Å². The summed E-state index contributed by atoms with van der Waals surface area (Å²) in [4.78, 5) is 14.4. The molecule has 98 valence electrons. The Hall–Kier alpha value is -2.97. The molecule has 0 saturated heterocycles. The molecule has 2 aromatic heterocycles. The van der Waals surface area contributed by atoms with Crippen LogP contribution in [0.5, 0.6) is 0 Å². The second-order valence-corrected chi connectivity index (χ2v) is 3.77. The summed E-state index contributed by atoms with van der Waals surface area (Å²) in [5.74, 6) is -0.189. The lowest BCUT2D eigenvalue weighted by Crippen LogP contribution is -2.15. The largest absolute Gasteiger partial charge is 0.409 e. The van der Waals surface area contributed by atoms with Crippen LogP contribution in [0.4, 0.5) is 5.69 Å². The maximum absolute atomic E-state index is 11.0. The van der Waals surface area contributed by atoms with E-state index in [4.69, 9.17) is 10.9 Å². The van der Waals surface area contributed by atoms with Crippen LogP contribution in [0, 0.1) is 17.0 Å². The third-order valence-corrected chi connectivity index (χ3v) is 2.38. The summed E-state index contributed by atoms with van der Waals surface area (Å²) in [6.45, 7) is 1.81. The lowest BCUT2D eigenvalue weighted by atomic mass is 10.2. The summed E-state index contributed by atoms with van der Waals surface area (Å²) in [7, 11) is 0. The summed E-state index contributed by atoms with van der Waals surface area (Å²) >= 11 is 0. The van der Waals surface area contributed by atoms with Gasteiger partial charge in [0.25, 0.3) is 0 Å². The Bertz CT molecular complexity index is 663. The van der Waals surface area contributed by atoms with Crippen LogP contribution in [-0.2, 0) is 0 Å². The number of hydrogen-bond donors (Lipinski definition) is 2. The van der Waals surface area contributed by atoms with Crippen molar-refractivity contribution in [1.82, 2.24) is 14.8 Å². The van der Waals surface area contributed by atoms with Crippen LogP contribution < -0.4 is 5.73 Å². The Morgan fingerprint density at radius 1 is 1.58 bits per heavy atom. The molecule has 0 radical (unpaired) electrons. The van der Waals surface area contributed by atoms with Crippen molar-refractivity contribution in [2.75, 3.05) is 0 Å². The van der Waals surface area contributed by atoms with E-state index < -0.39 is 4.92 Å². The summed E-state index contributed by atoms with van der Waals surface area (Å²) in [5, 5.41) is 26.3. The maximum Gasteiger partial charge on any atom is 0.314 e. The zero-order valence-corrected chi connectivity index (χ0v) is 9.89. The third kappa shape index (κ3) is 2.34. The van der Waals surface area contributed by atoms with Crippen LogP contribution in [0.25, 0.3) is 5.82 Å². The van der Waals surface area contributed by atoms with Crippen molar-refractivity contribution in [1.29, 1.82) is 0 Å². The molecule has 0 aromatic carbocycles. The number of aryl methyl sites for hydroxylation is 1. The molecule has 0 saturated carbocycles. The summed E-state index contributed by atoms with van der Waals surface area (Å²) in [5.41, 5.74) is 6.08. The highest BCUT2D eigenvalue weighted by Gasteiger charge is 2.19. The molecular weight excluding hydrogens is 252 g/mol. The van der Waals surface area contributed by atoms with E-state index in [9.17, 15) is 10.1 Å². The molecule has 19 heavy (non-hydrogen) atoms. The topological polar surface area (TPSA) is 132 Å². The molecule has 0 unspecified atom stereocenters. The quantitative estimate of drug-likeness (QED) is 0.273. The van der Waals surface area contributed by atoms with Gasteiger partial charge in [0.15, 0.2) is 5.84 Å². The van der Waals surface area contributed by atoms with Gasteiger partial charge in [-0.2, -0.15) is 5.10 Å². The first kappa shape index (κ1) is 12.5. The predicted molar refractivity (Wildman–Crippen MR) is 65.3 cm³/mol. The molecule has 0 spiro atoms. The molecule has 0 fully saturated rings. The fourth-order valence-corrected chi connectivity index (χ4v) is 1.48. The Kier molecular flexibility index (Phi) is 3.10. The first-order valence-corrected chi connectivity index (χ1v) is 5.17. The zero-order valence-electron chi connectivity index (χ0n) is 9.89. The Morgan fingerprint density at radius 2 is 2.32 bits per heavy atom. The molecule has 0 aliphatic carbocycles. The molecule has 9 nitrogen and oxygen atoms in total. The highest BCUT2D eigenvalue weighted by Crippen LogP contribution is 2.21. The molecule has 0 amide bonds. The van der Waals surface area contributed by atoms with Crippen molar-refractivity contribution >= 4 is 11.5 Å². The summed E-state index contributed by atoms with van der Waals surface area (Å²) < 4.78 is 1.30. The Labute approximate surface area is 107 Å². The number of aromatic nitrogens is 3. The average Bonchev–Trinajstić information content (AvgIpc) is 2.83. The standard InChI is InChI=1S/C10H10N6O3/c1-6-3-13-15(5-6)10-8(16(18)19)2-7(4-12-10)9(11)14-17/h2-5,17H,1H3,(H2,11,14). The predicted octanol–water partition coefficient (Wildman–Crippen LogP) is 0.578. The highest BCUT2D eigenvalue weighted by molar-refractivity contribution is 5.97. The fourth-order valence-electron chi connectivity index (χ4n) is 1.48. The van der Waals surface area contributed by atoms with Gasteiger partial charge in [0.1, 0.15) is 0 Å². The molecule has 3 N–H and O–H groups in total. The Morgan fingerprint density at radius 3 is 2.84 bits per heavy atom. The molecule has 2 aromatic rings. The van der Waals surface area contributed by atoms with Gasteiger partial charge in [-0.1, -0.05) is 5.16 Å². The van der Waals surface area contributed by atoms with E-state index in [1.165, 1.54) is 16.9 Å². The van der Waals surface area contributed by atoms with Crippen molar-refractivity contribution in [3.63, 3.8) is 0 Å². The molecule has 9 heteroatoms. The van der Waals surface area contributed by atoms with Crippen LogP contribution >= 0.6 is 0 Å². The van der Waals surface area contributed by atoms with Crippen LogP contribution in [0.2, 0.25) is 0 Å². The van der Waals surface area contributed by atoms with Gasteiger partial charge in [0, 0.05) is 24.0 Å². The lowest BCUT2D eigenvalue weighted by Gasteiger charge is -2.04. The minimum absolute atomic E-state index is 0.0626. The number of pyridine rings is 1. The number of nitrogens with two attached hydrogens (primary N) is 1. The normalized spacial score (nSPS) is 11.5. The van der Waals surface area contributed by atoms with Gasteiger partial charge >= 0.3 is 5.69 Å². The molecule has 2 rings (SSSR count). The molecule has 0 atom stereocenters. The van der Waals surface area contributed by atoms with Crippen molar-refractivity contribution in [3.05, 3.63) is 45.9 Å². The number of rotatable bonds is 3. The highest BCUT2D eigenvalue weighted by atomic mass is 16.6. The van der Waals surface area contributed by atoms with E-state index in [1.54, 1.807) is 19.3 Å². The van der Waals surface area contributed by atoms with E-state index in [1.807, 2.05) is 0 Å². The van der Waals surface area contributed by atoms with E-state index in [0.717, 1.165) is 5.56 Å². The molecule has 0 bridgehead atoms. The monoisotopic (exact) mass is 262 g/mol. The minimum Gasteiger partial charge on any atom is -0.409 e. The second kappa shape index (κ2) is 4.72. The molecular formula is C10H10N6O3. The van der Waals surface area contributed by atoms with E-state index in [-0.39, 0.29) is 22.9 Å². The molecule has 0 aliphatic rings. The molecule has 2 heterocycles. The van der Waals surface area contributed by atoms with Crippen molar-refractivity contribution in [2.24, 2.45) is 10.9 Å². The summed E-state index contributed by atoms with van der Waals surface area (Å²) in [6, 6.07) is 1.17. The van der Waals surface area contributed by atoms with Crippen molar-refractivity contribution in [3.8, 4) is 5.82 Å². The van der Waals surface area contributed by atoms with Crippen LogP contribution in [0.15, 0.2) is 29.8 Å². The van der Waals surface area contributed by atoms with Gasteiger partial charge in [-0.15, -0.1) is 0 Å². The number of amidine groups is 1. The first-order valence-electron chi connectivity index (χ1n) is 5.17. The van der Waals surface area contributed by atoms with Crippen LogP contribution in [0.1, 0.15) is 11.1 Å². The molecule has 0 aliphatic heterocycles. The van der Waals surface area contributed by atoms with Crippen molar-refractivity contribution < 1.29 is 10.1 Å². The SMILES string of the molecule is Cc1cnn(-c2ncc(C(N)=NO)cc2[N+](=O)[O-])c1. The van der Waals surface area contributed by atoms with E-state index in [0.29, 0.717) is 0 Å². The van der Waals surface area contributed by atoms with Gasteiger partial charge < -0.3 is 10.9 Å². The first-order chi connectivity index (χ1) is 9.02. The number of nitro groups is 1. The van der Waals surface area contributed by atoms with Gasteiger partial charge in [-0.3, -0.25) is 10.1 Å². The Balaban J connectivity index is 2.59.